The highest BCUT2D eigenvalue weighted by molar-refractivity contribution is 5.72. The molecule has 0 unspecified atom stereocenters. The lowest BCUT2D eigenvalue weighted by Gasteiger charge is -2.15. The van der Waals surface area contributed by atoms with E-state index >= 15 is 0 Å². The van der Waals surface area contributed by atoms with Crippen molar-refractivity contribution in [3.8, 4) is 5.69 Å². The predicted molar refractivity (Wildman–Crippen MR) is 101 cm³/mol. The Morgan fingerprint density at radius 1 is 1.03 bits per heavy atom. The van der Waals surface area contributed by atoms with E-state index in [1.165, 1.54) is 33.7 Å². The molecule has 2 aromatic heterocycles. The van der Waals surface area contributed by atoms with Gasteiger partial charge in [-0.3, -0.25) is 9.78 Å². The van der Waals surface area contributed by atoms with E-state index in [1.54, 1.807) is 31.2 Å². The zero-order valence-electron chi connectivity index (χ0n) is 15.2. The molecular weight excluding hydrogens is 385 g/mol. The van der Waals surface area contributed by atoms with Crippen molar-refractivity contribution < 1.29 is 13.2 Å². The van der Waals surface area contributed by atoms with Crippen LogP contribution in [0.15, 0.2) is 64.4 Å². The number of rotatable bonds is 3. The van der Waals surface area contributed by atoms with Gasteiger partial charge in [-0.05, 0) is 30.2 Å². The summed E-state index contributed by atoms with van der Waals surface area (Å²) in [5.74, 6) is 0. The van der Waals surface area contributed by atoms with Crippen LogP contribution >= 0.6 is 0 Å². The van der Waals surface area contributed by atoms with Gasteiger partial charge in [0.15, 0.2) is 11.2 Å². The number of imidazole rings is 1. The molecule has 4 aromatic rings. The smallest absolute Gasteiger partial charge is 0.312 e. The number of alkyl halides is 3. The Balaban J connectivity index is 1.99. The SMILES string of the molecule is Cc1ccccc1-n1c(=O)[nH]c(=O)c2ncn(Cc3ccccc3C(F)(F)F)c21. The molecule has 0 saturated heterocycles. The van der Waals surface area contributed by atoms with E-state index in [2.05, 4.69) is 9.97 Å². The number of fused-ring (bicyclic) bond motifs is 1. The Morgan fingerprint density at radius 2 is 1.72 bits per heavy atom. The Hall–Kier alpha value is -3.62. The van der Waals surface area contributed by atoms with Gasteiger partial charge in [0.25, 0.3) is 5.56 Å². The minimum atomic E-state index is -4.53. The number of hydrogen-bond acceptors (Lipinski definition) is 3. The normalized spacial score (nSPS) is 11.9. The first kappa shape index (κ1) is 18.7. The Morgan fingerprint density at radius 3 is 2.45 bits per heavy atom. The Bertz CT molecular complexity index is 1330. The largest absolute Gasteiger partial charge is 0.416 e. The molecule has 0 atom stereocenters. The second-order valence-electron chi connectivity index (χ2n) is 6.58. The Labute approximate surface area is 161 Å². The summed E-state index contributed by atoms with van der Waals surface area (Å²) in [6.45, 7) is 1.58. The highest BCUT2D eigenvalue weighted by atomic mass is 19.4. The van der Waals surface area contributed by atoms with Crippen molar-refractivity contribution in [1.82, 2.24) is 19.1 Å². The highest BCUT2D eigenvalue weighted by Crippen LogP contribution is 2.32. The zero-order chi connectivity index (χ0) is 20.8. The molecule has 0 aliphatic carbocycles. The molecule has 0 aliphatic rings. The van der Waals surface area contributed by atoms with Crippen molar-refractivity contribution in [3.05, 3.63) is 92.4 Å². The van der Waals surface area contributed by atoms with Crippen LogP contribution in [0.1, 0.15) is 16.7 Å². The molecule has 2 aromatic carbocycles. The molecule has 29 heavy (non-hydrogen) atoms. The van der Waals surface area contributed by atoms with Crippen LogP contribution in [0.5, 0.6) is 0 Å². The maximum absolute atomic E-state index is 13.4. The van der Waals surface area contributed by atoms with Gasteiger partial charge in [-0.15, -0.1) is 0 Å². The van der Waals surface area contributed by atoms with E-state index in [4.69, 9.17) is 0 Å². The average molecular weight is 400 g/mol. The zero-order valence-corrected chi connectivity index (χ0v) is 15.2. The molecule has 2 heterocycles. The van der Waals surface area contributed by atoms with Gasteiger partial charge < -0.3 is 4.57 Å². The quantitative estimate of drug-likeness (QED) is 0.574. The molecule has 1 N–H and O–H groups in total. The monoisotopic (exact) mass is 400 g/mol. The summed E-state index contributed by atoms with van der Waals surface area (Å²) in [6.07, 6.45) is -3.26. The lowest BCUT2D eigenvalue weighted by Crippen LogP contribution is -2.30. The van der Waals surface area contributed by atoms with E-state index in [0.717, 1.165) is 11.6 Å². The summed E-state index contributed by atoms with van der Waals surface area (Å²) < 4.78 is 42.8. The predicted octanol–water partition coefficient (Wildman–Crippen LogP) is 3.25. The summed E-state index contributed by atoms with van der Waals surface area (Å²) in [4.78, 5) is 31.1. The minimum absolute atomic E-state index is 0.00312. The number of nitrogens with one attached hydrogen (secondary N) is 1. The lowest BCUT2D eigenvalue weighted by atomic mass is 10.1. The van der Waals surface area contributed by atoms with Gasteiger partial charge in [0.1, 0.15) is 0 Å². The molecule has 4 rings (SSSR count). The van der Waals surface area contributed by atoms with E-state index in [0.29, 0.717) is 5.69 Å². The van der Waals surface area contributed by atoms with Gasteiger partial charge in [-0.1, -0.05) is 36.4 Å². The van der Waals surface area contributed by atoms with Crippen molar-refractivity contribution in [2.45, 2.75) is 19.6 Å². The van der Waals surface area contributed by atoms with Crippen molar-refractivity contribution >= 4 is 11.2 Å². The number of para-hydroxylation sites is 1. The van der Waals surface area contributed by atoms with Crippen LogP contribution in [0.4, 0.5) is 13.2 Å². The summed E-state index contributed by atoms with van der Waals surface area (Å²) >= 11 is 0. The first-order valence-electron chi connectivity index (χ1n) is 8.68. The van der Waals surface area contributed by atoms with E-state index in [-0.39, 0.29) is 23.3 Å². The van der Waals surface area contributed by atoms with Gasteiger partial charge in [0.05, 0.1) is 24.1 Å². The number of aromatic nitrogens is 4. The maximum atomic E-state index is 13.4. The number of halogens is 3. The summed E-state index contributed by atoms with van der Waals surface area (Å²) in [6, 6.07) is 12.2. The molecule has 6 nitrogen and oxygen atoms in total. The third-order valence-corrected chi connectivity index (χ3v) is 4.68. The molecule has 9 heteroatoms. The second-order valence-corrected chi connectivity index (χ2v) is 6.58. The molecule has 0 spiro atoms. The minimum Gasteiger partial charge on any atom is -0.312 e. The fourth-order valence-corrected chi connectivity index (χ4v) is 3.35. The van der Waals surface area contributed by atoms with E-state index in [1.807, 2.05) is 0 Å². The van der Waals surface area contributed by atoms with Crippen molar-refractivity contribution in [1.29, 1.82) is 0 Å². The summed E-state index contributed by atoms with van der Waals surface area (Å²) in [5, 5.41) is 0. The average Bonchev–Trinajstić information content (AvgIpc) is 3.07. The lowest BCUT2D eigenvalue weighted by molar-refractivity contribution is -0.138. The van der Waals surface area contributed by atoms with Crippen molar-refractivity contribution in [2.24, 2.45) is 0 Å². The van der Waals surface area contributed by atoms with E-state index < -0.39 is 23.0 Å². The van der Waals surface area contributed by atoms with Crippen LogP contribution in [0.2, 0.25) is 0 Å². The molecule has 0 amide bonds. The van der Waals surface area contributed by atoms with Crippen LogP contribution in [-0.4, -0.2) is 19.1 Å². The number of benzene rings is 2. The Kier molecular flexibility index (Phi) is 4.37. The van der Waals surface area contributed by atoms with Crippen LogP contribution in [-0.2, 0) is 12.7 Å². The molecule has 0 fully saturated rings. The molecular formula is C20H15F3N4O2. The van der Waals surface area contributed by atoms with Crippen molar-refractivity contribution in [3.63, 3.8) is 0 Å². The van der Waals surface area contributed by atoms with Gasteiger partial charge in [-0.25, -0.2) is 14.3 Å². The topological polar surface area (TPSA) is 72.7 Å². The van der Waals surface area contributed by atoms with Crippen molar-refractivity contribution in [2.75, 3.05) is 0 Å². The third kappa shape index (κ3) is 3.24. The second kappa shape index (κ2) is 6.77. The molecule has 0 aliphatic heterocycles. The molecule has 0 radical (unpaired) electrons. The molecule has 0 bridgehead atoms. The van der Waals surface area contributed by atoms with Crippen LogP contribution in [0, 0.1) is 6.92 Å². The van der Waals surface area contributed by atoms with Gasteiger partial charge in [0, 0.05) is 0 Å². The summed E-state index contributed by atoms with van der Waals surface area (Å²) in [5.41, 5.74) is -0.807. The van der Waals surface area contributed by atoms with Gasteiger partial charge in [0.2, 0.25) is 0 Å². The van der Waals surface area contributed by atoms with Crippen LogP contribution in [0.25, 0.3) is 16.9 Å². The standard InChI is InChI=1S/C20H15F3N4O2/c1-12-6-2-5-9-15(12)27-18-16(17(28)25-19(27)29)24-11-26(18)10-13-7-3-4-8-14(13)20(21,22)23/h2-9,11H,10H2,1H3,(H,25,28,29). The summed E-state index contributed by atoms with van der Waals surface area (Å²) in [7, 11) is 0. The fraction of sp³-hybridized carbons (Fsp3) is 0.150. The number of H-pyrrole nitrogens is 1. The van der Waals surface area contributed by atoms with Crippen LogP contribution in [0.3, 0.4) is 0 Å². The maximum Gasteiger partial charge on any atom is 0.416 e. The fourth-order valence-electron chi connectivity index (χ4n) is 3.35. The molecule has 0 saturated carbocycles. The first-order chi connectivity index (χ1) is 13.8. The molecule has 148 valence electrons. The van der Waals surface area contributed by atoms with Gasteiger partial charge >= 0.3 is 11.9 Å². The van der Waals surface area contributed by atoms with Gasteiger partial charge in [-0.2, -0.15) is 13.2 Å². The number of aryl methyl sites for hydroxylation is 1. The third-order valence-electron chi connectivity index (χ3n) is 4.68. The number of nitrogens with zero attached hydrogens (tertiary/aromatic N) is 3. The van der Waals surface area contributed by atoms with E-state index in [9.17, 15) is 22.8 Å². The first-order valence-corrected chi connectivity index (χ1v) is 8.68. The number of hydrogen-bond donors (Lipinski definition) is 1. The highest BCUT2D eigenvalue weighted by Gasteiger charge is 2.33. The van der Waals surface area contributed by atoms with Crippen LogP contribution < -0.4 is 11.2 Å². The number of aromatic amines is 1.